The average Bonchev–Trinajstić information content (AvgIpc) is 3.11. The van der Waals surface area contributed by atoms with Gasteiger partial charge in [-0.1, -0.05) is 23.2 Å². The number of methoxy groups -OCH3 is 2. The van der Waals surface area contributed by atoms with Crippen LogP contribution >= 0.6 is 23.2 Å². The van der Waals surface area contributed by atoms with Gasteiger partial charge < -0.3 is 19.7 Å². The summed E-state index contributed by atoms with van der Waals surface area (Å²) in [5.41, 5.74) is 1.64. The molecule has 1 aliphatic heterocycles. The minimum atomic E-state index is -0.0806. The third kappa shape index (κ3) is 4.67. The Hall–Kier alpha value is -1.95. The quantitative estimate of drug-likeness (QED) is 0.768. The maximum absolute atomic E-state index is 12.6. The Morgan fingerprint density at radius 1 is 1.19 bits per heavy atom. The van der Waals surface area contributed by atoms with Gasteiger partial charge in [0, 0.05) is 17.9 Å². The van der Waals surface area contributed by atoms with Crippen molar-refractivity contribution in [3.05, 3.63) is 52.0 Å². The molecule has 2 N–H and O–H groups in total. The van der Waals surface area contributed by atoms with E-state index in [4.69, 9.17) is 32.7 Å². The Kier molecular flexibility index (Phi) is 6.47. The largest absolute Gasteiger partial charge is 0.497 e. The Balaban J connectivity index is 1.74. The average molecular weight is 410 g/mol. The Morgan fingerprint density at radius 3 is 2.70 bits per heavy atom. The van der Waals surface area contributed by atoms with Crippen LogP contribution in [0.5, 0.6) is 11.5 Å². The van der Waals surface area contributed by atoms with E-state index < -0.39 is 0 Å². The van der Waals surface area contributed by atoms with Gasteiger partial charge in [-0.3, -0.25) is 4.79 Å². The fourth-order valence-electron chi connectivity index (χ4n) is 3.60. The van der Waals surface area contributed by atoms with Gasteiger partial charge in [0.25, 0.3) is 5.91 Å². The van der Waals surface area contributed by atoms with Crippen molar-refractivity contribution in [1.29, 1.82) is 0 Å². The summed E-state index contributed by atoms with van der Waals surface area (Å²) >= 11 is 12.1. The number of carbonyl (C=O) groups is 1. The summed E-state index contributed by atoms with van der Waals surface area (Å²) in [4.78, 5) is 13.8. The minimum absolute atomic E-state index is 0.0806. The van der Waals surface area contributed by atoms with Crippen molar-refractivity contribution in [1.82, 2.24) is 0 Å². The molecule has 3 rings (SSSR count). The van der Waals surface area contributed by atoms with E-state index in [1.54, 1.807) is 32.4 Å². The summed E-state index contributed by atoms with van der Waals surface area (Å²) in [5, 5.41) is 3.85. The SMILES string of the molecule is COc1ccc(OC)c([C@H]2CCC[NH+]2CC(=O)Nc2ccc(Cl)cc2Cl)c1. The second kappa shape index (κ2) is 8.83. The van der Waals surface area contributed by atoms with Crippen molar-refractivity contribution in [3.63, 3.8) is 0 Å². The summed E-state index contributed by atoms with van der Waals surface area (Å²) in [6.45, 7) is 1.27. The van der Waals surface area contributed by atoms with Crippen LogP contribution in [0.2, 0.25) is 10.0 Å². The van der Waals surface area contributed by atoms with Crippen molar-refractivity contribution in [3.8, 4) is 11.5 Å². The molecule has 0 radical (unpaired) electrons. The Labute approximate surface area is 169 Å². The van der Waals surface area contributed by atoms with Gasteiger partial charge in [0.1, 0.15) is 17.5 Å². The van der Waals surface area contributed by atoms with E-state index in [2.05, 4.69) is 5.32 Å². The number of hydrogen-bond acceptors (Lipinski definition) is 3. The first-order valence-corrected chi connectivity index (χ1v) is 9.59. The van der Waals surface area contributed by atoms with E-state index in [1.165, 1.54) is 4.90 Å². The number of carbonyl (C=O) groups excluding carboxylic acids is 1. The fourth-order valence-corrected chi connectivity index (χ4v) is 4.06. The van der Waals surface area contributed by atoms with Crippen LogP contribution in [0.15, 0.2) is 36.4 Å². The highest BCUT2D eigenvalue weighted by atomic mass is 35.5. The number of hydrogen-bond donors (Lipinski definition) is 2. The molecule has 0 aromatic heterocycles. The van der Waals surface area contributed by atoms with E-state index in [1.807, 2.05) is 18.2 Å². The van der Waals surface area contributed by atoms with Crippen molar-refractivity contribution in [2.24, 2.45) is 0 Å². The first-order valence-electron chi connectivity index (χ1n) is 8.83. The number of ether oxygens (including phenoxy) is 2. The number of amides is 1. The summed E-state index contributed by atoms with van der Waals surface area (Å²) in [6, 6.07) is 11.0. The van der Waals surface area contributed by atoms with Crippen molar-refractivity contribution >= 4 is 34.8 Å². The second-order valence-corrected chi connectivity index (χ2v) is 7.40. The highest BCUT2D eigenvalue weighted by Gasteiger charge is 2.34. The first kappa shape index (κ1) is 19.8. The zero-order chi connectivity index (χ0) is 19.4. The van der Waals surface area contributed by atoms with Gasteiger partial charge in [-0.2, -0.15) is 0 Å². The van der Waals surface area contributed by atoms with Gasteiger partial charge in [0.05, 0.1) is 37.0 Å². The molecule has 1 heterocycles. The molecule has 1 saturated heterocycles. The van der Waals surface area contributed by atoms with Crippen LogP contribution in [0, 0.1) is 0 Å². The smallest absolute Gasteiger partial charge is 0.279 e. The van der Waals surface area contributed by atoms with E-state index in [9.17, 15) is 4.79 Å². The summed E-state index contributed by atoms with van der Waals surface area (Å²) in [6.07, 6.45) is 2.04. The summed E-state index contributed by atoms with van der Waals surface area (Å²) in [7, 11) is 3.31. The molecule has 2 aromatic carbocycles. The monoisotopic (exact) mass is 409 g/mol. The van der Waals surface area contributed by atoms with Gasteiger partial charge in [-0.15, -0.1) is 0 Å². The van der Waals surface area contributed by atoms with Crippen molar-refractivity contribution < 1.29 is 19.2 Å². The van der Waals surface area contributed by atoms with E-state index >= 15 is 0 Å². The van der Waals surface area contributed by atoms with E-state index in [0.717, 1.165) is 36.4 Å². The molecule has 1 unspecified atom stereocenters. The maximum Gasteiger partial charge on any atom is 0.279 e. The number of nitrogens with one attached hydrogen (secondary N) is 2. The van der Waals surface area contributed by atoms with Crippen LogP contribution in [0.3, 0.4) is 0 Å². The first-order chi connectivity index (χ1) is 13.0. The minimum Gasteiger partial charge on any atom is -0.497 e. The molecule has 1 amide bonds. The van der Waals surface area contributed by atoms with Crippen LogP contribution in [0.1, 0.15) is 24.4 Å². The van der Waals surface area contributed by atoms with Gasteiger partial charge in [0.15, 0.2) is 6.54 Å². The summed E-state index contributed by atoms with van der Waals surface area (Å²) in [5.74, 6) is 1.53. The normalized spacial score (nSPS) is 19.0. The Morgan fingerprint density at radius 2 is 2.00 bits per heavy atom. The Bertz CT molecular complexity index is 829. The lowest BCUT2D eigenvalue weighted by Crippen LogP contribution is -3.11. The van der Waals surface area contributed by atoms with Crippen molar-refractivity contribution in [2.75, 3.05) is 32.6 Å². The van der Waals surface area contributed by atoms with Crippen LogP contribution in [0.4, 0.5) is 5.69 Å². The number of benzene rings is 2. The highest BCUT2D eigenvalue weighted by molar-refractivity contribution is 6.36. The lowest BCUT2D eigenvalue weighted by molar-refractivity contribution is -0.910. The molecule has 0 saturated carbocycles. The number of rotatable bonds is 6. The summed E-state index contributed by atoms with van der Waals surface area (Å²) < 4.78 is 10.9. The lowest BCUT2D eigenvalue weighted by atomic mass is 10.0. The fraction of sp³-hybridized carbons (Fsp3) is 0.350. The third-order valence-corrected chi connectivity index (χ3v) is 5.44. The van der Waals surface area contributed by atoms with Crippen LogP contribution < -0.4 is 19.7 Å². The van der Waals surface area contributed by atoms with Crippen LogP contribution in [0.25, 0.3) is 0 Å². The van der Waals surface area contributed by atoms with E-state index in [-0.39, 0.29) is 11.9 Å². The topological polar surface area (TPSA) is 52.0 Å². The van der Waals surface area contributed by atoms with Gasteiger partial charge in [0.2, 0.25) is 0 Å². The van der Waals surface area contributed by atoms with E-state index in [0.29, 0.717) is 22.3 Å². The molecule has 7 heteroatoms. The third-order valence-electron chi connectivity index (χ3n) is 4.89. The molecule has 0 aliphatic carbocycles. The lowest BCUT2D eigenvalue weighted by Gasteiger charge is -2.23. The maximum atomic E-state index is 12.6. The molecule has 2 aromatic rings. The van der Waals surface area contributed by atoms with Crippen LogP contribution in [-0.4, -0.2) is 33.2 Å². The molecule has 0 bridgehead atoms. The molecule has 1 fully saturated rings. The molecule has 0 spiro atoms. The zero-order valence-electron chi connectivity index (χ0n) is 15.4. The number of halogens is 2. The standard InChI is InChI=1S/C20H22Cl2N2O3/c1-26-14-6-8-19(27-2)15(11-14)18-4-3-9-24(18)12-20(25)23-17-7-5-13(21)10-16(17)22/h5-8,10-11,18H,3-4,9,12H2,1-2H3,(H,23,25)/p+1/t18-/m1/s1. The van der Waals surface area contributed by atoms with Gasteiger partial charge >= 0.3 is 0 Å². The predicted octanol–water partition coefficient (Wildman–Crippen LogP) is 3.37. The molecule has 2 atom stereocenters. The zero-order valence-corrected chi connectivity index (χ0v) is 16.9. The number of quaternary nitrogens is 1. The molecular weight excluding hydrogens is 387 g/mol. The predicted molar refractivity (Wildman–Crippen MR) is 107 cm³/mol. The molecule has 27 heavy (non-hydrogen) atoms. The number of likely N-dealkylation sites (tertiary alicyclic amines) is 1. The molecule has 1 aliphatic rings. The highest BCUT2D eigenvalue weighted by Crippen LogP contribution is 2.31. The number of anilines is 1. The molecule has 5 nitrogen and oxygen atoms in total. The van der Waals surface area contributed by atoms with Crippen molar-refractivity contribution in [2.45, 2.75) is 18.9 Å². The van der Waals surface area contributed by atoms with Crippen LogP contribution in [-0.2, 0) is 4.79 Å². The molecule has 144 valence electrons. The second-order valence-electron chi connectivity index (χ2n) is 6.56. The molecular formula is C20H23Cl2N2O3+. The van der Waals surface area contributed by atoms with Gasteiger partial charge in [-0.25, -0.2) is 0 Å². The van der Waals surface area contributed by atoms with Gasteiger partial charge in [-0.05, 0) is 36.4 Å².